The van der Waals surface area contributed by atoms with Crippen molar-refractivity contribution in [2.75, 3.05) is 13.6 Å². The second kappa shape index (κ2) is 6.61. The average Bonchev–Trinajstić information content (AvgIpc) is 2.69. The fraction of sp³-hybridized carbons (Fsp3) is 0.333. The number of halogens is 1. The molecule has 0 amide bonds. The minimum absolute atomic E-state index is 0.454. The Kier molecular flexibility index (Phi) is 4.59. The lowest BCUT2D eigenvalue weighted by atomic mass is 9.98. The molecule has 2 nitrogen and oxygen atoms in total. The molecule has 110 valence electrons. The first-order valence-electron chi connectivity index (χ1n) is 7.47. The predicted molar refractivity (Wildman–Crippen MR) is 88.4 cm³/mol. The second-order valence-corrected chi connectivity index (χ2v) is 6.16. The summed E-state index contributed by atoms with van der Waals surface area (Å²) in [7, 11) is 2.20. The molecular weight excluding hydrogens is 280 g/mol. The van der Waals surface area contributed by atoms with Crippen molar-refractivity contribution in [3.8, 4) is 0 Å². The van der Waals surface area contributed by atoms with Crippen molar-refractivity contribution in [1.29, 1.82) is 0 Å². The molecule has 0 bridgehead atoms. The molecule has 2 aromatic carbocycles. The number of benzene rings is 2. The molecule has 3 heteroatoms. The SMILES string of the molecule is CN(Cc1cccc(Cl)c1)C1CCNCc2ccccc21. The summed E-state index contributed by atoms with van der Waals surface area (Å²) in [6.07, 6.45) is 1.13. The molecule has 1 atom stereocenters. The van der Waals surface area contributed by atoms with Crippen LogP contribution in [0.15, 0.2) is 48.5 Å². The molecule has 1 heterocycles. The molecule has 0 aromatic heterocycles. The maximum atomic E-state index is 6.09. The van der Waals surface area contributed by atoms with Crippen molar-refractivity contribution in [2.45, 2.75) is 25.6 Å². The molecule has 0 spiro atoms. The quantitative estimate of drug-likeness (QED) is 0.921. The van der Waals surface area contributed by atoms with Gasteiger partial charge in [-0.3, -0.25) is 4.90 Å². The summed E-state index contributed by atoms with van der Waals surface area (Å²) in [5, 5.41) is 4.32. The van der Waals surface area contributed by atoms with Gasteiger partial charge in [-0.25, -0.2) is 0 Å². The molecule has 0 saturated carbocycles. The fourth-order valence-electron chi connectivity index (χ4n) is 3.13. The van der Waals surface area contributed by atoms with Gasteiger partial charge in [-0.15, -0.1) is 0 Å². The van der Waals surface area contributed by atoms with Crippen molar-refractivity contribution >= 4 is 11.6 Å². The zero-order chi connectivity index (χ0) is 14.7. The van der Waals surface area contributed by atoms with Gasteiger partial charge in [0.15, 0.2) is 0 Å². The van der Waals surface area contributed by atoms with Crippen molar-refractivity contribution in [1.82, 2.24) is 10.2 Å². The Bertz CT molecular complexity index is 612. The number of hydrogen-bond donors (Lipinski definition) is 1. The monoisotopic (exact) mass is 300 g/mol. The second-order valence-electron chi connectivity index (χ2n) is 5.73. The summed E-state index contributed by atoms with van der Waals surface area (Å²) in [6, 6.07) is 17.4. The van der Waals surface area contributed by atoms with E-state index in [-0.39, 0.29) is 0 Å². The number of rotatable bonds is 3. The number of fused-ring (bicyclic) bond motifs is 1. The van der Waals surface area contributed by atoms with Gasteiger partial charge in [0.25, 0.3) is 0 Å². The van der Waals surface area contributed by atoms with Gasteiger partial charge in [-0.2, -0.15) is 0 Å². The first-order valence-corrected chi connectivity index (χ1v) is 7.85. The number of hydrogen-bond acceptors (Lipinski definition) is 2. The molecule has 1 unspecified atom stereocenters. The highest BCUT2D eigenvalue weighted by molar-refractivity contribution is 6.30. The summed E-state index contributed by atoms with van der Waals surface area (Å²) in [5.74, 6) is 0. The molecule has 0 radical (unpaired) electrons. The van der Waals surface area contributed by atoms with Crippen LogP contribution in [-0.2, 0) is 13.1 Å². The van der Waals surface area contributed by atoms with Crippen molar-refractivity contribution < 1.29 is 0 Å². The maximum absolute atomic E-state index is 6.09. The third-order valence-electron chi connectivity index (χ3n) is 4.18. The lowest BCUT2D eigenvalue weighted by Crippen LogP contribution is -2.25. The van der Waals surface area contributed by atoms with Crippen LogP contribution >= 0.6 is 11.6 Å². The number of nitrogens with zero attached hydrogens (tertiary/aromatic N) is 1. The van der Waals surface area contributed by atoms with Gasteiger partial charge >= 0.3 is 0 Å². The Morgan fingerprint density at radius 2 is 2.05 bits per heavy atom. The van der Waals surface area contributed by atoms with E-state index in [2.05, 4.69) is 53.7 Å². The summed E-state index contributed by atoms with van der Waals surface area (Å²) in [4.78, 5) is 2.43. The van der Waals surface area contributed by atoms with E-state index < -0.39 is 0 Å². The number of nitrogens with one attached hydrogen (secondary N) is 1. The summed E-state index contributed by atoms with van der Waals surface area (Å²) < 4.78 is 0. The Hall–Kier alpha value is -1.35. The van der Waals surface area contributed by atoms with E-state index in [0.717, 1.165) is 31.1 Å². The van der Waals surface area contributed by atoms with Crippen LogP contribution in [0, 0.1) is 0 Å². The first kappa shape index (κ1) is 14.6. The molecule has 0 aliphatic carbocycles. The largest absolute Gasteiger partial charge is 0.313 e. The molecule has 0 fully saturated rings. The van der Waals surface area contributed by atoms with Gasteiger partial charge in [0.05, 0.1) is 0 Å². The molecule has 3 rings (SSSR count). The molecule has 1 aliphatic heterocycles. The smallest absolute Gasteiger partial charge is 0.0409 e. The van der Waals surface area contributed by atoms with E-state index in [1.807, 2.05) is 12.1 Å². The first-order chi connectivity index (χ1) is 10.2. The lowest BCUT2D eigenvalue weighted by molar-refractivity contribution is 0.226. The highest BCUT2D eigenvalue weighted by Gasteiger charge is 2.21. The predicted octanol–water partition coefficient (Wildman–Crippen LogP) is 4.01. The van der Waals surface area contributed by atoms with E-state index in [4.69, 9.17) is 11.6 Å². The van der Waals surface area contributed by atoms with Gasteiger partial charge in [0.2, 0.25) is 0 Å². The van der Waals surface area contributed by atoms with Crippen LogP contribution in [0.5, 0.6) is 0 Å². The van der Waals surface area contributed by atoms with Gasteiger partial charge in [0, 0.05) is 24.2 Å². The third kappa shape index (κ3) is 3.46. The van der Waals surface area contributed by atoms with Crippen LogP contribution in [0.25, 0.3) is 0 Å². The van der Waals surface area contributed by atoms with E-state index in [0.29, 0.717) is 6.04 Å². The Labute approximate surface area is 131 Å². The van der Waals surface area contributed by atoms with Crippen molar-refractivity contribution in [3.63, 3.8) is 0 Å². The highest BCUT2D eigenvalue weighted by Crippen LogP contribution is 2.29. The highest BCUT2D eigenvalue weighted by atomic mass is 35.5. The van der Waals surface area contributed by atoms with Crippen LogP contribution in [0.4, 0.5) is 0 Å². The topological polar surface area (TPSA) is 15.3 Å². The van der Waals surface area contributed by atoms with Gasteiger partial charge in [0.1, 0.15) is 0 Å². The van der Waals surface area contributed by atoms with Gasteiger partial charge in [-0.1, -0.05) is 48.0 Å². The standard InChI is InChI=1S/C18H21ClN2/c1-21(13-14-5-4-7-16(19)11-14)18-9-10-20-12-15-6-2-3-8-17(15)18/h2-8,11,18,20H,9-10,12-13H2,1H3. The Morgan fingerprint density at radius 1 is 1.19 bits per heavy atom. The van der Waals surface area contributed by atoms with Crippen LogP contribution in [0.1, 0.15) is 29.2 Å². The van der Waals surface area contributed by atoms with Crippen molar-refractivity contribution in [3.05, 3.63) is 70.2 Å². The maximum Gasteiger partial charge on any atom is 0.0409 e. The lowest BCUT2D eigenvalue weighted by Gasteiger charge is -2.28. The summed E-state index contributed by atoms with van der Waals surface area (Å²) in [5.41, 5.74) is 4.13. The molecule has 0 saturated heterocycles. The zero-order valence-electron chi connectivity index (χ0n) is 12.3. The average molecular weight is 301 g/mol. The molecular formula is C18H21ClN2. The zero-order valence-corrected chi connectivity index (χ0v) is 13.1. The van der Waals surface area contributed by atoms with Crippen LogP contribution in [-0.4, -0.2) is 18.5 Å². The molecule has 1 N–H and O–H groups in total. The van der Waals surface area contributed by atoms with E-state index in [1.165, 1.54) is 16.7 Å². The Morgan fingerprint density at radius 3 is 2.90 bits per heavy atom. The van der Waals surface area contributed by atoms with Crippen LogP contribution < -0.4 is 5.32 Å². The van der Waals surface area contributed by atoms with E-state index in [1.54, 1.807) is 0 Å². The molecule has 2 aromatic rings. The van der Waals surface area contributed by atoms with Crippen LogP contribution in [0.3, 0.4) is 0 Å². The van der Waals surface area contributed by atoms with Crippen molar-refractivity contribution in [2.24, 2.45) is 0 Å². The minimum Gasteiger partial charge on any atom is -0.313 e. The molecule has 1 aliphatic rings. The van der Waals surface area contributed by atoms with Crippen LogP contribution in [0.2, 0.25) is 5.02 Å². The van der Waals surface area contributed by atoms with Gasteiger partial charge in [-0.05, 0) is 48.8 Å². The summed E-state index contributed by atoms with van der Waals surface area (Å²) >= 11 is 6.09. The van der Waals surface area contributed by atoms with Gasteiger partial charge < -0.3 is 5.32 Å². The van der Waals surface area contributed by atoms with E-state index in [9.17, 15) is 0 Å². The third-order valence-corrected chi connectivity index (χ3v) is 4.41. The minimum atomic E-state index is 0.454. The fourth-order valence-corrected chi connectivity index (χ4v) is 3.34. The normalized spacial score (nSPS) is 18.3. The molecule has 21 heavy (non-hydrogen) atoms. The summed E-state index contributed by atoms with van der Waals surface area (Å²) in [6.45, 7) is 2.94. The Balaban J connectivity index is 1.82. The van der Waals surface area contributed by atoms with E-state index >= 15 is 0 Å².